The van der Waals surface area contributed by atoms with Crippen molar-refractivity contribution in [3.05, 3.63) is 41.0 Å². The summed E-state index contributed by atoms with van der Waals surface area (Å²) in [4.78, 5) is 13.3. The zero-order chi connectivity index (χ0) is 31.5. The number of carbonyl (C=O) groups is 1. The predicted molar refractivity (Wildman–Crippen MR) is 143 cm³/mol. The molecule has 0 aromatic heterocycles. The van der Waals surface area contributed by atoms with Gasteiger partial charge in [-0.2, -0.15) is 0 Å². The molecule has 3 heterocycles. The van der Waals surface area contributed by atoms with Crippen LogP contribution in [0.25, 0.3) is 0 Å². The van der Waals surface area contributed by atoms with Gasteiger partial charge in [-0.15, -0.1) is 0 Å². The Bertz CT molecular complexity index is 1400. The van der Waals surface area contributed by atoms with E-state index < -0.39 is 79.4 Å². The molecule has 15 heteroatoms. The van der Waals surface area contributed by atoms with Gasteiger partial charge in [0.15, 0.2) is 29.1 Å². The zero-order valence-electron chi connectivity index (χ0n) is 23.7. The Morgan fingerprint density at radius 2 is 1.59 bits per heavy atom. The van der Waals surface area contributed by atoms with E-state index in [4.69, 9.17) is 28.4 Å². The van der Waals surface area contributed by atoms with E-state index in [2.05, 4.69) is 5.32 Å². The summed E-state index contributed by atoms with van der Waals surface area (Å²) in [6.45, 7) is -2.09. The summed E-state index contributed by atoms with van der Waals surface area (Å²) in [5.41, 5.74) is 1.61. The molecule has 0 saturated carbocycles. The summed E-state index contributed by atoms with van der Waals surface area (Å²) in [6, 6.07) is 5.59. The Balaban J connectivity index is 1.40. The first-order chi connectivity index (χ1) is 21.0. The van der Waals surface area contributed by atoms with Crippen LogP contribution in [0.2, 0.25) is 0 Å². The number of esters is 1. The molecule has 0 spiro atoms. The van der Waals surface area contributed by atoms with Gasteiger partial charge in [-0.05, 0) is 41.0 Å². The minimum Gasteiger partial charge on any atom is -0.502 e. The van der Waals surface area contributed by atoms with Crippen LogP contribution in [0.1, 0.15) is 28.7 Å². The quantitative estimate of drug-likeness (QED) is 0.219. The topological polar surface area (TPSA) is 186 Å². The van der Waals surface area contributed by atoms with Gasteiger partial charge in [0.05, 0.1) is 39.9 Å². The maximum Gasteiger partial charge on any atom is 0.310 e. The fourth-order valence-corrected chi connectivity index (χ4v) is 6.71. The van der Waals surface area contributed by atoms with Crippen molar-refractivity contribution in [2.24, 2.45) is 11.8 Å². The average molecular weight is 626 g/mol. The van der Waals surface area contributed by atoms with Gasteiger partial charge in [0, 0.05) is 17.9 Å². The summed E-state index contributed by atoms with van der Waals surface area (Å²) in [7, 11) is 2.74. The number of aliphatic hydroxyl groups excluding tert-OH is 4. The van der Waals surface area contributed by atoms with E-state index in [1.807, 2.05) is 0 Å². The van der Waals surface area contributed by atoms with Gasteiger partial charge in [-0.25, -0.2) is 8.78 Å². The molecule has 0 amide bonds. The minimum absolute atomic E-state index is 0.0636. The molecule has 2 aromatic carbocycles. The molecule has 1 aliphatic carbocycles. The molecule has 9 atom stereocenters. The van der Waals surface area contributed by atoms with E-state index in [0.717, 1.165) is 0 Å². The molecule has 2 saturated heterocycles. The van der Waals surface area contributed by atoms with Crippen molar-refractivity contribution in [3.63, 3.8) is 0 Å². The number of fused-ring (bicyclic) bond motifs is 3. The highest BCUT2D eigenvalue weighted by atomic mass is 19.3. The van der Waals surface area contributed by atoms with Gasteiger partial charge in [0.1, 0.15) is 24.4 Å². The molecule has 2 aromatic rings. The third-order valence-corrected chi connectivity index (χ3v) is 8.91. The number of aromatic hydroxyl groups is 1. The van der Waals surface area contributed by atoms with E-state index in [1.54, 1.807) is 24.3 Å². The van der Waals surface area contributed by atoms with Gasteiger partial charge in [-0.1, -0.05) is 0 Å². The van der Waals surface area contributed by atoms with E-state index >= 15 is 8.78 Å². The van der Waals surface area contributed by atoms with Crippen molar-refractivity contribution < 1.29 is 67.5 Å². The fraction of sp³-hybridized carbons (Fsp3) is 0.552. The Hall–Kier alpha value is -3.47. The lowest BCUT2D eigenvalue weighted by Crippen LogP contribution is -2.64. The Kier molecular flexibility index (Phi) is 7.96. The molecule has 13 nitrogen and oxygen atoms in total. The first-order valence-electron chi connectivity index (χ1n) is 14.0. The lowest BCUT2D eigenvalue weighted by atomic mass is 9.65. The number of nitrogens with one attached hydrogen (secondary N) is 1. The smallest absolute Gasteiger partial charge is 0.310 e. The summed E-state index contributed by atoms with van der Waals surface area (Å²) in [5.74, 6) is -5.83. The Labute approximate surface area is 249 Å². The third kappa shape index (κ3) is 4.87. The van der Waals surface area contributed by atoms with Gasteiger partial charge in [-0.3, -0.25) is 4.79 Å². The van der Waals surface area contributed by atoms with Crippen LogP contribution in [-0.4, -0.2) is 109 Å². The van der Waals surface area contributed by atoms with E-state index in [-0.39, 0.29) is 30.6 Å². The second-order valence-corrected chi connectivity index (χ2v) is 11.3. The summed E-state index contributed by atoms with van der Waals surface area (Å²) in [5, 5.41) is 53.3. The summed E-state index contributed by atoms with van der Waals surface area (Å²) < 4.78 is 63.8. The number of benzene rings is 2. The van der Waals surface area contributed by atoms with Crippen LogP contribution in [0.3, 0.4) is 0 Å². The largest absolute Gasteiger partial charge is 0.502 e. The number of aliphatic hydroxyl groups is 4. The predicted octanol–water partition coefficient (Wildman–Crippen LogP) is 0.181. The number of methoxy groups -OCH3 is 2. The number of alkyl halides is 2. The molecule has 4 aliphatic rings. The number of halogens is 2. The number of carbonyl (C=O) groups excluding carboxylic acids is 1. The van der Waals surface area contributed by atoms with Crippen molar-refractivity contribution >= 4 is 5.97 Å². The van der Waals surface area contributed by atoms with Crippen molar-refractivity contribution in [2.75, 3.05) is 40.8 Å². The molecular weight excluding hydrogens is 592 g/mol. The van der Waals surface area contributed by atoms with E-state index in [0.29, 0.717) is 28.2 Å². The lowest BCUT2D eigenvalue weighted by molar-refractivity contribution is -0.279. The number of hydrogen-bond acceptors (Lipinski definition) is 13. The second kappa shape index (κ2) is 11.5. The highest BCUT2D eigenvalue weighted by molar-refractivity contribution is 5.79. The van der Waals surface area contributed by atoms with E-state index in [1.165, 1.54) is 14.2 Å². The van der Waals surface area contributed by atoms with Crippen LogP contribution in [0, 0.1) is 11.8 Å². The maximum absolute atomic E-state index is 15.7. The van der Waals surface area contributed by atoms with Crippen molar-refractivity contribution in [1.82, 2.24) is 5.32 Å². The second-order valence-electron chi connectivity index (χ2n) is 11.3. The molecule has 2 fully saturated rings. The van der Waals surface area contributed by atoms with Crippen LogP contribution in [0.4, 0.5) is 8.78 Å². The Morgan fingerprint density at radius 1 is 0.955 bits per heavy atom. The third-order valence-electron chi connectivity index (χ3n) is 8.91. The molecule has 0 radical (unpaired) electrons. The van der Waals surface area contributed by atoms with Gasteiger partial charge in [0.25, 0.3) is 5.92 Å². The maximum atomic E-state index is 15.7. The first-order valence-corrected chi connectivity index (χ1v) is 14.0. The molecule has 9 unspecified atom stereocenters. The first kappa shape index (κ1) is 30.6. The molecule has 0 bridgehead atoms. The Morgan fingerprint density at radius 3 is 2.20 bits per heavy atom. The molecule has 6 N–H and O–H groups in total. The average Bonchev–Trinajstić information content (AvgIpc) is 3.63. The van der Waals surface area contributed by atoms with Crippen molar-refractivity contribution in [3.8, 4) is 28.7 Å². The number of cyclic esters (lactones) is 1. The van der Waals surface area contributed by atoms with Gasteiger partial charge < -0.3 is 59.3 Å². The van der Waals surface area contributed by atoms with Crippen LogP contribution < -0.4 is 24.3 Å². The lowest BCUT2D eigenvalue weighted by Gasteiger charge is -2.44. The fourth-order valence-electron chi connectivity index (χ4n) is 6.71. The normalized spacial score (nSPS) is 32.5. The monoisotopic (exact) mass is 625 g/mol. The number of hydrogen-bond donors (Lipinski definition) is 6. The van der Waals surface area contributed by atoms with Gasteiger partial charge >= 0.3 is 5.97 Å². The number of phenols is 1. The van der Waals surface area contributed by atoms with Crippen molar-refractivity contribution in [2.45, 2.75) is 48.4 Å². The van der Waals surface area contributed by atoms with Crippen LogP contribution in [0.15, 0.2) is 24.3 Å². The SMILES string of the molecule is COc1cc(C2c3cc4c(cc3C(NCC(F)(F)C3OC(CO)C(O)C(O)C3O)C3COC(=O)C23)OCO4)cc(OC)c1O. The highest BCUT2D eigenvalue weighted by Gasteiger charge is 2.56. The van der Waals surface area contributed by atoms with Crippen LogP contribution >= 0.6 is 0 Å². The van der Waals surface area contributed by atoms with Gasteiger partial charge in [0.2, 0.25) is 12.5 Å². The highest BCUT2D eigenvalue weighted by Crippen LogP contribution is 2.55. The van der Waals surface area contributed by atoms with E-state index in [9.17, 15) is 30.3 Å². The summed E-state index contributed by atoms with van der Waals surface area (Å²) in [6.07, 6.45) is -9.68. The molecule has 44 heavy (non-hydrogen) atoms. The summed E-state index contributed by atoms with van der Waals surface area (Å²) >= 11 is 0. The molecule has 3 aliphatic heterocycles. The molecular formula is C29H33F2NO12. The van der Waals surface area contributed by atoms with Crippen molar-refractivity contribution in [1.29, 1.82) is 0 Å². The minimum atomic E-state index is -3.81. The standard InChI is InChI=1S/C29H33F2NO12/c1-39-17-3-11(4-18(40-2)23(17)34)20-12-5-15-16(43-10-42-15)6-13(12)22(14-8-41-28(38)21(14)20)32-9-29(30,31)27-26(37)25(36)24(35)19(7-33)44-27/h3-6,14,19-22,24-27,32-37H,7-10H2,1-2H3. The van der Waals surface area contributed by atoms with Crippen LogP contribution in [-0.2, 0) is 14.3 Å². The van der Waals surface area contributed by atoms with Crippen LogP contribution in [0.5, 0.6) is 28.7 Å². The molecule has 6 rings (SSSR count). The zero-order valence-corrected chi connectivity index (χ0v) is 23.7. The number of ether oxygens (including phenoxy) is 6. The number of rotatable bonds is 8. The number of phenolic OH excluding ortho intramolecular Hbond substituents is 1. The molecule has 240 valence electrons.